The van der Waals surface area contributed by atoms with E-state index in [0.717, 1.165) is 27.0 Å². The largest absolute Gasteiger partial charge is 0.478 e. The molecule has 0 atom stereocenters. The molecule has 128 valence electrons. The van der Waals surface area contributed by atoms with Crippen molar-refractivity contribution in [3.8, 4) is 22.5 Å². The molecule has 0 saturated carbocycles. The maximum absolute atomic E-state index is 11.8. The summed E-state index contributed by atoms with van der Waals surface area (Å²) in [7, 11) is 0. The number of H-pyrrole nitrogens is 1. The Bertz CT molecular complexity index is 1130. The van der Waals surface area contributed by atoms with E-state index in [1.165, 1.54) is 0 Å². The number of fused-ring (bicyclic) bond motifs is 1. The van der Waals surface area contributed by atoms with Crippen molar-refractivity contribution < 1.29 is 9.90 Å². The first-order chi connectivity index (χ1) is 12.5. The number of halogens is 1. The van der Waals surface area contributed by atoms with E-state index in [1.807, 2.05) is 55.5 Å². The Morgan fingerprint density at radius 3 is 2.58 bits per heavy atom. The van der Waals surface area contributed by atoms with Crippen molar-refractivity contribution in [2.24, 2.45) is 0 Å². The molecule has 0 saturated heterocycles. The van der Waals surface area contributed by atoms with Crippen molar-refractivity contribution in [1.82, 2.24) is 9.97 Å². The van der Waals surface area contributed by atoms with Crippen LogP contribution in [0.1, 0.15) is 16.1 Å². The predicted octanol–water partition coefficient (Wildman–Crippen LogP) is 5.67. The first-order valence-corrected chi connectivity index (χ1v) is 8.91. The molecule has 0 radical (unpaired) electrons. The fourth-order valence-electron chi connectivity index (χ4n) is 3.11. The number of aryl methyl sites for hydroxylation is 1. The number of carboxylic acids is 1. The zero-order chi connectivity index (χ0) is 18.3. The molecule has 2 N–H and O–H groups in total. The lowest BCUT2D eigenvalue weighted by molar-refractivity contribution is 0.0699. The van der Waals surface area contributed by atoms with E-state index in [2.05, 4.69) is 20.9 Å². The average Bonchev–Trinajstić information content (AvgIpc) is 3.03. The van der Waals surface area contributed by atoms with Gasteiger partial charge in [-0.2, -0.15) is 0 Å². The molecule has 2 aromatic carbocycles. The second kappa shape index (κ2) is 6.42. The van der Waals surface area contributed by atoms with Crippen molar-refractivity contribution >= 4 is 32.8 Å². The van der Waals surface area contributed by atoms with Gasteiger partial charge in [-0.25, -0.2) is 9.78 Å². The van der Waals surface area contributed by atoms with Crippen LogP contribution in [-0.4, -0.2) is 21.0 Å². The van der Waals surface area contributed by atoms with Gasteiger partial charge in [0.25, 0.3) is 0 Å². The van der Waals surface area contributed by atoms with Crippen LogP contribution in [0.15, 0.2) is 65.1 Å². The lowest BCUT2D eigenvalue weighted by Gasteiger charge is -2.07. The van der Waals surface area contributed by atoms with Gasteiger partial charge in [0, 0.05) is 26.8 Å². The quantitative estimate of drug-likeness (QED) is 0.460. The fourth-order valence-corrected chi connectivity index (χ4v) is 3.47. The van der Waals surface area contributed by atoms with Gasteiger partial charge in [0.2, 0.25) is 0 Å². The Hall–Kier alpha value is -2.92. The fraction of sp³-hybridized carbons (Fsp3) is 0.0476. The molecule has 4 aromatic rings. The Kier molecular flexibility index (Phi) is 4.09. The highest BCUT2D eigenvalue weighted by atomic mass is 79.9. The Labute approximate surface area is 158 Å². The van der Waals surface area contributed by atoms with E-state index in [0.29, 0.717) is 16.6 Å². The summed E-state index contributed by atoms with van der Waals surface area (Å²) in [5.74, 6) is -0.965. The first-order valence-electron chi connectivity index (χ1n) is 8.12. The summed E-state index contributed by atoms with van der Waals surface area (Å²) in [5.41, 5.74) is 5.45. The molecule has 26 heavy (non-hydrogen) atoms. The lowest BCUT2D eigenvalue weighted by Crippen LogP contribution is -2.00. The van der Waals surface area contributed by atoms with Crippen LogP contribution in [0, 0.1) is 6.92 Å². The predicted molar refractivity (Wildman–Crippen MR) is 106 cm³/mol. The summed E-state index contributed by atoms with van der Waals surface area (Å²) >= 11 is 3.39. The number of nitrogens with one attached hydrogen (secondary N) is 1. The van der Waals surface area contributed by atoms with Crippen LogP contribution < -0.4 is 0 Å². The normalized spacial score (nSPS) is 11.0. The van der Waals surface area contributed by atoms with Gasteiger partial charge in [-0.15, -0.1) is 0 Å². The molecule has 0 fully saturated rings. The molecule has 0 amide bonds. The van der Waals surface area contributed by atoms with Crippen LogP contribution in [0.5, 0.6) is 0 Å². The zero-order valence-electron chi connectivity index (χ0n) is 14.0. The van der Waals surface area contributed by atoms with E-state index in [1.54, 1.807) is 12.1 Å². The van der Waals surface area contributed by atoms with E-state index >= 15 is 0 Å². The molecule has 2 heterocycles. The van der Waals surface area contributed by atoms with Crippen LogP contribution in [0.4, 0.5) is 0 Å². The molecule has 0 spiro atoms. The number of aromatic carboxylic acids is 1. The number of carboxylic acid groups (broad SMARTS) is 1. The summed E-state index contributed by atoms with van der Waals surface area (Å²) in [5, 5.41) is 10.3. The molecule has 0 aliphatic rings. The van der Waals surface area contributed by atoms with Crippen molar-refractivity contribution in [1.29, 1.82) is 0 Å². The number of benzene rings is 2. The minimum absolute atomic E-state index is 0.244. The molecular weight excluding hydrogens is 392 g/mol. The number of hydrogen-bond acceptors (Lipinski definition) is 2. The van der Waals surface area contributed by atoms with Gasteiger partial charge in [-0.3, -0.25) is 0 Å². The molecule has 0 unspecified atom stereocenters. The zero-order valence-corrected chi connectivity index (χ0v) is 15.5. The maximum Gasteiger partial charge on any atom is 0.336 e. The summed E-state index contributed by atoms with van der Waals surface area (Å²) < 4.78 is 0.825. The second-order valence-electron chi connectivity index (χ2n) is 6.11. The monoisotopic (exact) mass is 406 g/mol. The first kappa shape index (κ1) is 16.5. The van der Waals surface area contributed by atoms with Gasteiger partial charge < -0.3 is 10.1 Å². The van der Waals surface area contributed by atoms with Gasteiger partial charge in [0.15, 0.2) is 0 Å². The van der Waals surface area contributed by atoms with Gasteiger partial charge in [0.05, 0.1) is 16.8 Å². The van der Waals surface area contributed by atoms with Crippen molar-refractivity contribution in [2.75, 3.05) is 0 Å². The minimum Gasteiger partial charge on any atom is -0.478 e. The third kappa shape index (κ3) is 2.91. The Morgan fingerprint density at radius 2 is 1.85 bits per heavy atom. The van der Waals surface area contributed by atoms with Gasteiger partial charge in [0.1, 0.15) is 0 Å². The van der Waals surface area contributed by atoms with E-state index in [9.17, 15) is 9.90 Å². The molecule has 0 aliphatic heterocycles. The standard InChI is InChI=1S/C21H15BrN2O2/c1-12-15(10-19(23-12)13-5-3-2-4-6-13)20-11-17(21(25)26)16-9-14(22)7-8-18(16)24-20/h2-11,23H,1H3,(H,25,26). The summed E-state index contributed by atoms with van der Waals surface area (Å²) in [4.78, 5) is 19.8. The molecule has 4 nitrogen and oxygen atoms in total. The molecule has 0 bridgehead atoms. The molecule has 2 aromatic heterocycles. The van der Waals surface area contributed by atoms with Gasteiger partial charge in [-0.1, -0.05) is 46.3 Å². The SMILES string of the molecule is Cc1[nH]c(-c2ccccc2)cc1-c1cc(C(=O)O)c2cc(Br)ccc2n1. The highest BCUT2D eigenvalue weighted by Gasteiger charge is 2.16. The minimum atomic E-state index is -0.965. The number of pyridine rings is 1. The van der Waals surface area contributed by atoms with Crippen LogP contribution in [0.3, 0.4) is 0 Å². The summed E-state index contributed by atoms with van der Waals surface area (Å²) in [6.07, 6.45) is 0. The van der Waals surface area contributed by atoms with E-state index in [-0.39, 0.29) is 5.56 Å². The number of aromatic nitrogens is 2. The topological polar surface area (TPSA) is 66.0 Å². The molecule has 4 rings (SSSR count). The average molecular weight is 407 g/mol. The Morgan fingerprint density at radius 1 is 1.08 bits per heavy atom. The highest BCUT2D eigenvalue weighted by molar-refractivity contribution is 9.10. The van der Waals surface area contributed by atoms with Crippen LogP contribution in [0.25, 0.3) is 33.4 Å². The van der Waals surface area contributed by atoms with Gasteiger partial charge in [-0.05, 0) is 42.8 Å². The molecular formula is C21H15BrN2O2. The summed E-state index contributed by atoms with van der Waals surface area (Å²) in [6, 6.07) is 19.1. The number of rotatable bonds is 3. The number of nitrogens with zero attached hydrogens (tertiary/aromatic N) is 1. The van der Waals surface area contributed by atoms with Crippen LogP contribution in [-0.2, 0) is 0 Å². The smallest absolute Gasteiger partial charge is 0.336 e. The second-order valence-corrected chi connectivity index (χ2v) is 7.03. The van der Waals surface area contributed by atoms with E-state index < -0.39 is 5.97 Å². The van der Waals surface area contributed by atoms with Gasteiger partial charge >= 0.3 is 5.97 Å². The van der Waals surface area contributed by atoms with Crippen molar-refractivity contribution in [2.45, 2.75) is 6.92 Å². The lowest BCUT2D eigenvalue weighted by atomic mass is 10.0. The van der Waals surface area contributed by atoms with E-state index in [4.69, 9.17) is 4.98 Å². The number of carbonyl (C=O) groups is 1. The van der Waals surface area contributed by atoms with Crippen molar-refractivity contribution in [3.05, 3.63) is 76.4 Å². The third-order valence-corrected chi connectivity index (χ3v) is 4.87. The molecule has 0 aliphatic carbocycles. The van der Waals surface area contributed by atoms with Crippen LogP contribution >= 0.6 is 15.9 Å². The van der Waals surface area contributed by atoms with Crippen molar-refractivity contribution in [3.63, 3.8) is 0 Å². The Balaban J connectivity index is 1.91. The molecule has 5 heteroatoms. The van der Waals surface area contributed by atoms with Crippen LogP contribution in [0.2, 0.25) is 0 Å². The number of hydrogen-bond donors (Lipinski definition) is 2. The number of aromatic amines is 1. The summed E-state index contributed by atoms with van der Waals surface area (Å²) in [6.45, 7) is 1.97. The highest BCUT2D eigenvalue weighted by Crippen LogP contribution is 2.31. The maximum atomic E-state index is 11.8. The third-order valence-electron chi connectivity index (χ3n) is 4.38.